The van der Waals surface area contributed by atoms with E-state index in [1.807, 2.05) is 0 Å². The lowest BCUT2D eigenvalue weighted by molar-refractivity contribution is -0.149. The number of carbonyl (C=O) groups excluding carboxylic acids is 2. The Morgan fingerprint density at radius 2 is 1.42 bits per heavy atom. The SMILES string of the molecule is [2H]CCCCCCCCCCCCCCCCCC(=O)N[C@@H](CO)C(=O)N1CCC[C@H]1C(=O)O. The van der Waals surface area contributed by atoms with E-state index in [2.05, 4.69) is 5.32 Å². The van der Waals surface area contributed by atoms with Crippen LogP contribution in [-0.2, 0) is 14.4 Å². The smallest absolute Gasteiger partial charge is 0.326 e. The molecule has 1 aliphatic heterocycles. The predicted octanol–water partition coefficient (Wildman–Crippen LogP) is 4.80. The van der Waals surface area contributed by atoms with Crippen LogP contribution in [0.5, 0.6) is 0 Å². The number of aliphatic hydroxyl groups excluding tert-OH is 1. The van der Waals surface area contributed by atoms with E-state index in [1.54, 1.807) is 0 Å². The van der Waals surface area contributed by atoms with E-state index < -0.39 is 30.6 Å². The highest BCUT2D eigenvalue weighted by molar-refractivity contribution is 5.90. The van der Waals surface area contributed by atoms with Crippen molar-refractivity contribution in [3.8, 4) is 0 Å². The van der Waals surface area contributed by atoms with Crippen molar-refractivity contribution in [3.63, 3.8) is 0 Å². The fourth-order valence-corrected chi connectivity index (χ4v) is 4.52. The van der Waals surface area contributed by atoms with Gasteiger partial charge in [0.2, 0.25) is 11.8 Å². The molecule has 33 heavy (non-hydrogen) atoms. The number of amides is 2. The molecule has 0 saturated carbocycles. The van der Waals surface area contributed by atoms with Crippen molar-refractivity contribution in [2.75, 3.05) is 13.2 Å². The average molecular weight is 470 g/mol. The van der Waals surface area contributed by atoms with Crippen LogP contribution in [0.4, 0.5) is 0 Å². The van der Waals surface area contributed by atoms with E-state index in [9.17, 15) is 24.6 Å². The third-order valence-electron chi connectivity index (χ3n) is 6.54. The molecule has 0 aromatic carbocycles. The highest BCUT2D eigenvalue weighted by atomic mass is 16.4. The number of carboxylic acid groups (broad SMARTS) is 1. The molecule has 2 atom stereocenters. The number of unbranched alkanes of at least 4 members (excludes halogenated alkanes) is 14. The molecular formula is C26H48N2O5. The lowest BCUT2D eigenvalue weighted by Crippen LogP contribution is -2.53. The molecule has 0 unspecified atom stereocenters. The summed E-state index contributed by atoms with van der Waals surface area (Å²) in [5.74, 6) is -1.83. The van der Waals surface area contributed by atoms with Crippen molar-refractivity contribution >= 4 is 17.8 Å². The summed E-state index contributed by atoms with van der Waals surface area (Å²) in [6.07, 6.45) is 19.3. The number of rotatable bonds is 20. The van der Waals surface area contributed by atoms with Crippen LogP contribution in [-0.4, -0.2) is 58.1 Å². The molecule has 1 rings (SSSR count). The summed E-state index contributed by atoms with van der Waals surface area (Å²) in [5, 5.41) is 21.3. The standard InChI is InChI=1S/C26H48N2O5/c1-2-3-4-5-6-7-8-9-10-11-12-13-14-15-16-19-24(30)27-22(21-29)25(31)28-20-17-18-23(28)26(32)33/h22-23,29H,2-21H2,1H3,(H,27,30)(H,32,33)/t22-,23-/m0/s1/i1D. The fraction of sp³-hybridized carbons (Fsp3) is 0.885. The summed E-state index contributed by atoms with van der Waals surface area (Å²) in [6, 6.07) is -1.94. The third kappa shape index (κ3) is 13.0. The fourth-order valence-electron chi connectivity index (χ4n) is 4.52. The number of likely N-dealkylation sites (tertiary alicyclic amines) is 1. The zero-order valence-corrected chi connectivity index (χ0v) is 20.6. The largest absolute Gasteiger partial charge is 0.480 e. The van der Waals surface area contributed by atoms with Crippen molar-refractivity contribution < 1.29 is 26.0 Å². The lowest BCUT2D eigenvalue weighted by Gasteiger charge is -2.26. The van der Waals surface area contributed by atoms with Crippen molar-refractivity contribution in [1.82, 2.24) is 10.2 Å². The Bertz CT molecular complexity index is 575. The number of hydrogen-bond acceptors (Lipinski definition) is 4. The molecule has 1 fully saturated rings. The van der Waals surface area contributed by atoms with Crippen LogP contribution in [0.25, 0.3) is 0 Å². The van der Waals surface area contributed by atoms with E-state index in [-0.39, 0.29) is 5.91 Å². The van der Waals surface area contributed by atoms with Gasteiger partial charge in [-0.25, -0.2) is 4.79 Å². The summed E-state index contributed by atoms with van der Waals surface area (Å²) in [7, 11) is 0. The van der Waals surface area contributed by atoms with Crippen molar-refractivity contribution in [2.24, 2.45) is 0 Å². The van der Waals surface area contributed by atoms with Crippen LogP contribution in [0.2, 0.25) is 0 Å². The second kappa shape index (κ2) is 18.8. The first-order valence-electron chi connectivity index (χ1n) is 13.9. The van der Waals surface area contributed by atoms with Gasteiger partial charge < -0.3 is 20.4 Å². The molecule has 192 valence electrons. The first kappa shape index (κ1) is 27.6. The summed E-state index contributed by atoms with van der Waals surface area (Å²) in [5.41, 5.74) is 0. The Hall–Kier alpha value is -1.63. The van der Waals surface area contributed by atoms with Crippen molar-refractivity contribution in [2.45, 2.75) is 135 Å². The van der Waals surface area contributed by atoms with E-state index >= 15 is 0 Å². The van der Waals surface area contributed by atoms with Gasteiger partial charge in [-0.3, -0.25) is 9.59 Å². The quantitative estimate of drug-likeness (QED) is 0.222. The first-order valence-corrected chi connectivity index (χ1v) is 13.2. The molecule has 0 radical (unpaired) electrons. The second-order valence-corrected chi connectivity index (χ2v) is 9.38. The molecule has 7 nitrogen and oxygen atoms in total. The molecule has 3 N–H and O–H groups in total. The molecule has 1 saturated heterocycles. The van der Waals surface area contributed by atoms with Gasteiger partial charge in [-0.05, 0) is 19.3 Å². The molecule has 0 spiro atoms. The van der Waals surface area contributed by atoms with Gasteiger partial charge in [0.15, 0.2) is 0 Å². The highest BCUT2D eigenvalue weighted by Crippen LogP contribution is 2.19. The molecule has 2 amide bonds. The number of aliphatic carboxylic acids is 1. The van der Waals surface area contributed by atoms with E-state index in [0.29, 0.717) is 32.7 Å². The van der Waals surface area contributed by atoms with Gasteiger partial charge in [0.25, 0.3) is 0 Å². The molecule has 0 aromatic rings. The minimum atomic E-state index is -1.07. The van der Waals surface area contributed by atoms with Crippen molar-refractivity contribution in [3.05, 3.63) is 0 Å². The summed E-state index contributed by atoms with van der Waals surface area (Å²) < 4.78 is 7.13. The van der Waals surface area contributed by atoms with Crippen LogP contribution in [0.3, 0.4) is 0 Å². The van der Waals surface area contributed by atoms with Crippen LogP contribution in [0.1, 0.15) is 124 Å². The van der Waals surface area contributed by atoms with Gasteiger partial charge in [-0.1, -0.05) is 96.8 Å². The number of nitrogens with zero attached hydrogens (tertiary/aromatic N) is 1. The van der Waals surface area contributed by atoms with Crippen LogP contribution in [0.15, 0.2) is 0 Å². The Morgan fingerprint density at radius 1 is 0.909 bits per heavy atom. The minimum Gasteiger partial charge on any atom is -0.480 e. The molecule has 7 heteroatoms. The minimum absolute atomic E-state index is 0.269. The van der Waals surface area contributed by atoms with E-state index in [0.717, 1.165) is 25.7 Å². The number of hydrogen-bond donors (Lipinski definition) is 3. The maximum absolute atomic E-state index is 12.5. The number of nitrogens with one attached hydrogen (secondary N) is 1. The summed E-state index contributed by atoms with van der Waals surface area (Å²) >= 11 is 0. The molecule has 0 aliphatic carbocycles. The van der Waals surface area contributed by atoms with Gasteiger partial charge in [-0.2, -0.15) is 0 Å². The van der Waals surface area contributed by atoms with Crippen LogP contribution in [0, 0.1) is 0 Å². The Balaban J connectivity index is 1.99. The summed E-state index contributed by atoms with van der Waals surface area (Å²) in [6.45, 7) is 0.384. The Kier molecular flexibility index (Phi) is 15.7. The molecule has 0 aromatic heterocycles. The first-order chi connectivity index (χ1) is 16.5. The maximum Gasteiger partial charge on any atom is 0.326 e. The molecule has 1 heterocycles. The zero-order chi connectivity index (χ0) is 25.0. The van der Waals surface area contributed by atoms with E-state index in [4.69, 9.17) is 1.37 Å². The maximum atomic E-state index is 12.5. The summed E-state index contributed by atoms with van der Waals surface area (Å²) in [4.78, 5) is 37.2. The van der Waals surface area contributed by atoms with E-state index in [1.165, 1.54) is 75.5 Å². The van der Waals surface area contributed by atoms with Gasteiger partial charge in [0.1, 0.15) is 12.1 Å². The monoisotopic (exact) mass is 469 g/mol. The number of carboxylic acids is 1. The highest BCUT2D eigenvalue weighted by Gasteiger charge is 2.37. The van der Waals surface area contributed by atoms with Crippen LogP contribution < -0.4 is 5.32 Å². The van der Waals surface area contributed by atoms with Gasteiger partial charge in [0, 0.05) is 14.3 Å². The predicted molar refractivity (Wildman–Crippen MR) is 131 cm³/mol. The second-order valence-electron chi connectivity index (χ2n) is 9.38. The normalized spacial score (nSPS) is 17.1. The molecule has 0 bridgehead atoms. The molecular weight excluding hydrogens is 420 g/mol. The third-order valence-corrected chi connectivity index (χ3v) is 6.54. The number of carbonyl (C=O) groups is 3. The number of aliphatic hydroxyl groups is 1. The zero-order valence-electron chi connectivity index (χ0n) is 21.6. The lowest BCUT2D eigenvalue weighted by atomic mass is 10.0. The average Bonchev–Trinajstić information content (AvgIpc) is 3.32. The Morgan fingerprint density at radius 3 is 1.91 bits per heavy atom. The topological polar surface area (TPSA) is 107 Å². The molecule has 1 aliphatic rings. The van der Waals surface area contributed by atoms with Gasteiger partial charge >= 0.3 is 5.97 Å². The van der Waals surface area contributed by atoms with Crippen molar-refractivity contribution in [1.29, 1.82) is 0 Å². The Labute approximate surface area is 202 Å². The van der Waals surface area contributed by atoms with Gasteiger partial charge in [0.05, 0.1) is 6.61 Å². The van der Waals surface area contributed by atoms with Gasteiger partial charge in [-0.15, -0.1) is 0 Å². The van der Waals surface area contributed by atoms with Crippen LogP contribution >= 0.6 is 0 Å².